The molecular formula is C13H20BrN5O2. The standard InChI is InChI=1S/C13H20BrN5O2/c1-3-8(2)18-11(20)4-5-16-13(21)10-6-9(14)7-17-12(10)19-15/h6-8H,3-5,15H2,1-2H3,(H,16,21)(H,17,19)(H,18,20). The summed E-state index contributed by atoms with van der Waals surface area (Å²) < 4.78 is 0.668. The van der Waals surface area contributed by atoms with E-state index in [0.29, 0.717) is 10.0 Å². The average molecular weight is 358 g/mol. The van der Waals surface area contributed by atoms with Gasteiger partial charge in [0.15, 0.2) is 5.82 Å². The van der Waals surface area contributed by atoms with Gasteiger partial charge >= 0.3 is 0 Å². The van der Waals surface area contributed by atoms with Gasteiger partial charge in [-0.25, -0.2) is 10.8 Å². The van der Waals surface area contributed by atoms with Crippen LogP contribution in [0, 0.1) is 0 Å². The van der Waals surface area contributed by atoms with Crippen LogP contribution in [-0.4, -0.2) is 29.4 Å². The zero-order valence-corrected chi connectivity index (χ0v) is 13.7. The van der Waals surface area contributed by atoms with E-state index >= 15 is 0 Å². The largest absolute Gasteiger partial charge is 0.354 e. The Labute approximate surface area is 132 Å². The summed E-state index contributed by atoms with van der Waals surface area (Å²) in [6.07, 6.45) is 2.63. The highest BCUT2D eigenvalue weighted by Gasteiger charge is 2.13. The zero-order valence-electron chi connectivity index (χ0n) is 12.1. The lowest BCUT2D eigenvalue weighted by atomic mass is 10.2. The number of nitrogen functional groups attached to an aromatic ring is 1. The Morgan fingerprint density at radius 2 is 2.19 bits per heavy atom. The minimum Gasteiger partial charge on any atom is -0.354 e. The van der Waals surface area contributed by atoms with Crippen molar-refractivity contribution in [2.45, 2.75) is 32.7 Å². The van der Waals surface area contributed by atoms with E-state index in [1.807, 2.05) is 13.8 Å². The second-order valence-corrected chi connectivity index (χ2v) is 5.49. The number of halogens is 1. The number of nitrogens with zero attached hydrogens (tertiary/aromatic N) is 1. The van der Waals surface area contributed by atoms with Crippen molar-refractivity contribution in [3.63, 3.8) is 0 Å². The van der Waals surface area contributed by atoms with Crippen LogP contribution in [0.25, 0.3) is 0 Å². The first-order valence-corrected chi connectivity index (χ1v) is 7.47. The Balaban J connectivity index is 2.51. The summed E-state index contributed by atoms with van der Waals surface area (Å²) in [4.78, 5) is 27.6. The summed E-state index contributed by atoms with van der Waals surface area (Å²) in [6, 6.07) is 1.74. The molecular weight excluding hydrogens is 338 g/mol. The third kappa shape index (κ3) is 5.68. The van der Waals surface area contributed by atoms with Crippen LogP contribution in [0.4, 0.5) is 5.82 Å². The number of aromatic nitrogens is 1. The first-order valence-electron chi connectivity index (χ1n) is 6.67. The van der Waals surface area contributed by atoms with Crippen LogP contribution >= 0.6 is 15.9 Å². The maximum atomic E-state index is 12.0. The second kappa shape index (κ2) is 8.58. The molecule has 1 rings (SSSR count). The number of amides is 2. The number of anilines is 1. The van der Waals surface area contributed by atoms with E-state index in [4.69, 9.17) is 5.84 Å². The number of hydrazine groups is 1. The van der Waals surface area contributed by atoms with Crippen LogP contribution in [0.3, 0.4) is 0 Å². The van der Waals surface area contributed by atoms with Gasteiger partial charge in [0.1, 0.15) is 0 Å². The van der Waals surface area contributed by atoms with E-state index in [2.05, 4.69) is 37.0 Å². The van der Waals surface area contributed by atoms with Gasteiger partial charge in [-0.2, -0.15) is 0 Å². The van der Waals surface area contributed by atoms with Crippen molar-refractivity contribution in [1.29, 1.82) is 0 Å². The Bertz CT molecular complexity index is 509. The molecule has 0 aromatic carbocycles. The van der Waals surface area contributed by atoms with E-state index in [1.54, 1.807) is 6.07 Å². The summed E-state index contributed by atoms with van der Waals surface area (Å²) in [6.45, 7) is 4.18. The summed E-state index contributed by atoms with van der Waals surface area (Å²) >= 11 is 3.25. The molecule has 1 aromatic rings. The van der Waals surface area contributed by atoms with Gasteiger partial charge in [-0.3, -0.25) is 9.59 Å². The Kier molecular flexibility index (Phi) is 7.10. The highest BCUT2D eigenvalue weighted by molar-refractivity contribution is 9.10. The SMILES string of the molecule is CCC(C)NC(=O)CCNC(=O)c1cc(Br)cnc1NN. The molecule has 0 fully saturated rings. The molecule has 0 aliphatic rings. The molecule has 1 atom stereocenters. The van der Waals surface area contributed by atoms with Gasteiger partial charge in [0.05, 0.1) is 5.56 Å². The number of rotatable bonds is 7. The zero-order chi connectivity index (χ0) is 15.8. The molecule has 0 aliphatic carbocycles. The Morgan fingerprint density at radius 1 is 1.48 bits per heavy atom. The summed E-state index contributed by atoms with van der Waals surface area (Å²) in [5, 5.41) is 5.50. The van der Waals surface area contributed by atoms with Gasteiger partial charge in [-0.15, -0.1) is 0 Å². The van der Waals surface area contributed by atoms with E-state index in [0.717, 1.165) is 6.42 Å². The number of nitrogens with two attached hydrogens (primary N) is 1. The van der Waals surface area contributed by atoms with Gasteiger partial charge in [-0.1, -0.05) is 6.92 Å². The van der Waals surface area contributed by atoms with Crippen molar-refractivity contribution in [2.75, 3.05) is 12.0 Å². The lowest BCUT2D eigenvalue weighted by Gasteiger charge is -2.12. The van der Waals surface area contributed by atoms with Crippen molar-refractivity contribution in [1.82, 2.24) is 15.6 Å². The van der Waals surface area contributed by atoms with Crippen molar-refractivity contribution < 1.29 is 9.59 Å². The summed E-state index contributed by atoms with van der Waals surface area (Å²) in [7, 11) is 0. The molecule has 1 heterocycles. The number of nitrogens with one attached hydrogen (secondary N) is 3. The Morgan fingerprint density at radius 3 is 2.81 bits per heavy atom. The van der Waals surface area contributed by atoms with Crippen molar-refractivity contribution in [2.24, 2.45) is 5.84 Å². The fourth-order valence-corrected chi connectivity index (χ4v) is 1.89. The molecule has 0 radical (unpaired) electrons. The molecule has 8 heteroatoms. The predicted octanol–water partition coefficient (Wildman–Crippen LogP) is 1.16. The molecule has 5 N–H and O–H groups in total. The summed E-state index contributed by atoms with van der Waals surface area (Å²) in [5.74, 6) is 5.16. The smallest absolute Gasteiger partial charge is 0.255 e. The van der Waals surface area contributed by atoms with Crippen LogP contribution in [-0.2, 0) is 4.79 Å². The molecule has 21 heavy (non-hydrogen) atoms. The van der Waals surface area contributed by atoms with Gasteiger partial charge in [0.2, 0.25) is 5.91 Å². The molecule has 2 amide bonds. The van der Waals surface area contributed by atoms with Crippen LogP contribution in [0.15, 0.2) is 16.7 Å². The maximum absolute atomic E-state index is 12.0. The van der Waals surface area contributed by atoms with Gasteiger partial charge in [0.25, 0.3) is 5.91 Å². The van der Waals surface area contributed by atoms with Crippen LogP contribution in [0.2, 0.25) is 0 Å². The van der Waals surface area contributed by atoms with Gasteiger partial charge < -0.3 is 16.1 Å². The number of carbonyl (C=O) groups is 2. The summed E-state index contributed by atoms with van der Waals surface area (Å²) in [5.41, 5.74) is 2.68. The highest BCUT2D eigenvalue weighted by atomic mass is 79.9. The van der Waals surface area contributed by atoms with Crippen molar-refractivity contribution in [3.05, 3.63) is 22.3 Å². The van der Waals surface area contributed by atoms with Crippen molar-refractivity contribution >= 4 is 33.6 Å². The fraction of sp³-hybridized carbons (Fsp3) is 0.462. The fourth-order valence-electron chi connectivity index (χ4n) is 1.56. The first kappa shape index (κ1) is 17.4. The van der Waals surface area contributed by atoms with E-state index in [-0.39, 0.29) is 36.6 Å². The molecule has 0 spiro atoms. The normalized spacial score (nSPS) is 11.6. The van der Waals surface area contributed by atoms with Gasteiger partial charge in [0, 0.05) is 29.7 Å². The molecule has 0 bridgehead atoms. The van der Waals surface area contributed by atoms with Crippen molar-refractivity contribution in [3.8, 4) is 0 Å². The van der Waals surface area contributed by atoms with Crippen LogP contribution in [0.5, 0.6) is 0 Å². The van der Waals surface area contributed by atoms with E-state index in [9.17, 15) is 9.59 Å². The molecule has 0 saturated heterocycles. The lowest BCUT2D eigenvalue weighted by Crippen LogP contribution is -2.35. The van der Waals surface area contributed by atoms with Crippen LogP contribution < -0.4 is 21.9 Å². The maximum Gasteiger partial charge on any atom is 0.255 e. The minimum absolute atomic E-state index is 0.0887. The monoisotopic (exact) mass is 357 g/mol. The average Bonchev–Trinajstić information content (AvgIpc) is 2.46. The highest BCUT2D eigenvalue weighted by Crippen LogP contribution is 2.16. The lowest BCUT2D eigenvalue weighted by molar-refractivity contribution is -0.121. The third-order valence-corrected chi connectivity index (χ3v) is 3.33. The topological polar surface area (TPSA) is 109 Å². The molecule has 7 nitrogen and oxygen atoms in total. The number of hydrogen-bond donors (Lipinski definition) is 4. The quantitative estimate of drug-likeness (QED) is 0.432. The molecule has 0 aliphatic heterocycles. The predicted molar refractivity (Wildman–Crippen MR) is 84.6 cm³/mol. The number of carbonyl (C=O) groups excluding carboxylic acids is 2. The van der Waals surface area contributed by atoms with E-state index in [1.165, 1.54) is 6.20 Å². The minimum atomic E-state index is -0.340. The molecule has 116 valence electrons. The Hall–Kier alpha value is -1.67. The van der Waals surface area contributed by atoms with E-state index < -0.39 is 0 Å². The number of hydrogen-bond acceptors (Lipinski definition) is 5. The third-order valence-electron chi connectivity index (χ3n) is 2.89. The molecule has 1 aromatic heterocycles. The second-order valence-electron chi connectivity index (χ2n) is 4.58. The molecule has 0 saturated carbocycles. The number of pyridine rings is 1. The van der Waals surface area contributed by atoms with Gasteiger partial charge in [-0.05, 0) is 35.3 Å². The molecule has 1 unspecified atom stereocenters. The van der Waals surface area contributed by atoms with Crippen LogP contribution in [0.1, 0.15) is 37.0 Å². The first-order chi connectivity index (χ1) is 9.97.